The fourth-order valence-electron chi connectivity index (χ4n) is 4.06. The van der Waals surface area contributed by atoms with Crippen molar-refractivity contribution in [2.24, 2.45) is 0 Å². The van der Waals surface area contributed by atoms with Gasteiger partial charge in [-0.1, -0.05) is 30.3 Å². The number of nitrogens with zero attached hydrogens (tertiary/aromatic N) is 1. The molecular weight excluding hydrogens is 354 g/mol. The molecule has 0 bridgehead atoms. The SMILES string of the molecule is COc1cccc(NC(=O)[C@@H]2CCCN2C(=O)[C@@H]2Cc3ccccc3CN2)c1. The Morgan fingerprint density at radius 3 is 2.79 bits per heavy atom. The summed E-state index contributed by atoms with van der Waals surface area (Å²) in [4.78, 5) is 27.7. The smallest absolute Gasteiger partial charge is 0.247 e. The Morgan fingerprint density at radius 2 is 1.96 bits per heavy atom. The molecule has 2 aromatic carbocycles. The van der Waals surface area contributed by atoms with E-state index in [0.29, 0.717) is 37.4 Å². The number of amides is 2. The number of fused-ring (bicyclic) bond motifs is 1. The topological polar surface area (TPSA) is 70.7 Å². The Hall–Kier alpha value is -2.86. The second-order valence-corrected chi connectivity index (χ2v) is 7.32. The predicted octanol–water partition coefficient (Wildman–Crippen LogP) is 2.34. The maximum Gasteiger partial charge on any atom is 0.247 e. The normalized spacial score (nSPS) is 21.1. The highest BCUT2D eigenvalue weighted by Crippen LogP contribution is 2.24. The van der Waals surface area contributed by atoms with Crippen LogP contribution in [-0.2, 0) is 22.6 Å². The molecule has 146 valence electrons. The van der Waals surface area contributed by atoms with Crippen molar-refractivity contribution in [1.29, 1.82) is 0 Å². The Balaban J connectivity index is 1.44. The van der Waals surface area contributed by atoms with Gasteiger partial charge in [-0.15, -0.1) is 0 Å². The van der Waals surface area contributed by atoms with Crippen LogP contribution >= 0.6 is 0 Å². The van der Waals surface area contributed by atoms with Crippen molar-refractivity contribution in [1.82, 2.24) is 10.2 Å². The first-order valence-electron chi connectivity index (χ1n) is 9.71. The first kappa shape index (κ1) is 18.5. The van der Waals surface area contributed by atoms with Gasteiger partial charge in [0, 0.05) is 24.8 Å². The highest BCUT2D eigenvalue weighted by molar-refractivity contribution is 5.98. The fraction of sp³-hybridized carbons (Fsp3) is 0.364. The Bertz CT molecular complexity index is 883. The van der Waals surface area contributed by atoms with Crippen LogP contribution in [-0.4, -0.2) is 42.5 Å². The van der Waals surface area contributed by atoms with E-state index in [1.54, 1.807) is 18.1 Å². The summed E-state index contributed by atoms with van der Waals surface area (Å²) in [7, 11) is 1.59. The molecule has 0 aliphatic carbocycles. The van der Waals surface area contributed by atoms with Crippen LogP contribution < -0.4 is 15.4 Å². The number of nitrogens with one attached hydrogen (secondary N) is 2. The van der Waals surface area contributed by atoms with Crippen molar-refractivity contribution < 1.29 is 14.3 Å². The van der Waals surface area contributed by atoms with E-state index in [4.69, 9.17) is 4.74 Å². The van der Waals surface area contributed by atoms with Crippen molar-refractivity contribution in [2.45, 2.75) is 37.9 Å². The number of anilines is 1. The van der Waals surface area contributed by atoms with Gasteiger partial charge >= 0.3 is 0 Å². The molecule has 2 heterocycles. The van der Waals surface area contributed by atoms with Gasteiger partial charge < -0.3 is 20.3 Å². The van der Waals surface area contributed by atoms with Gasteiger partial charge in [0.05, 0.1) is 13.2 Å². The lowest BCUT2D eigenvalue weighted by atomic mass is 9.95. The van der Waals surface area contributed by atoms with Crippen LogP contribution in [0.3, 0.4) is 0 Å². The largest absolute Gasteiger partial charge is 0.497 e. The summed E-state index contributed by atoms with van der Waals surface area (Å²) in [5.74, 6) is 0.551. The molecule has 0 spiro atoms. The molecule has 4 rings (SSSR count). The molecule has 0 unspecified atom stereocenters. The second kappa shape index (κ2) is 8.02. The van der Waals surface area contributed by atoms with Gasteiger partial charge in [0.15, 0.2) is 0 Å². The van der Waals surface area contributed by atoms with E-state index in [2.05, 4.69) is 22.8 Å². The molecule has 2 N–H and O–H groups in total. The summed E-state index contributed by atoms with van der Waals surface area (Å²) in [5.41, 5.74) is 3.12. The van der Waals surface area contributed by atoms with E-state index >= 15 is 0 Å². The van der Waals surface area contributed by atoms with Crippen molar-refractivity contribution in [3.05, 3.63) is 59.7 Å². The molecule has 0 saturated carbocycles. The van der Waals surface area contributed by atoms with Gasteiger partial charge in [0.1, 0.15) is 11.8 Å². The van der Waals surface area contributed by atoms with Crippen LogP contribution in [0.4, 0.5) is 5.69 Å². The van der Waals surface area contributed by atoms with Gasteiger partial charge in [0.25, 0.3) is 0 Å². The number of benzene rings is 2. The summed E-state index contributed by atoms with van der Waals surface area (Å²) in [6, 6.07) is 14.7. The maximum atomic E-state index is 13.1. The highest BCUT2D eigenvalue weighted by Gasteiger charge is 2.38. The predicted molar refractivity (Wildman–Crippen MR) is 107 cm³/mol. The van der Waals surface area contributed by atoms with Gasteiger partial charge in [-0.25, -0.2) is 0 Å². The lowest BCUT2D eigenvalue weighted by Gasteiger charge is -2.31. The Morgan fingerprint density at radius 1 is 1.14 bits per heavy atom. The summed E-state index contributed by atoms with van der Waals surface area (Å²) in [6.07, 6.45) is 2.19. The third-order valence-electron chi connectivity index (χ3n) is 5.56. The minimum Gasteiger partial charge on any atom is -0.497 e. The van der Waals surface area contributed by atoms with Gasteiger partial charge in [0.2, 0.25) is 11.8 Å². The molecule has 0 radical (unpaired) electrons. The molecular formula is C22H25N3O3. The summed E-state index contributed by atoms with van der Waals surface area (Å²) >= 11 is 0. The summed E-state index contributed by atoms with van der Waals surface area (Å²) in [5, 5.41) is 6.27. The molecule has 0 aromatic heterocycles. The van der Waals surface area contributed by atoms with Crippen molar-refractivity contribution >= 4 is 17.5 Å². The third kappa shape index (κ3) is 3.73. The number of hydrogen-bond acceptors (Lipinski definition) is 4. The van der Waals surface area contributed by atoms with Crippen molar-refractivity contribution in [3.63, 3.8) is 0 Å². The molecule has 1 saturated heterocycles. The van der Waals surface area contributed by atoms with E-state index < -0.39 is 6.04 Å². The van der Waals surface area contributed by atoms with E-state index in [9.17, 15) is 9.59 Å². The third-order valence-corrected chi connectivity index (χ3v) is 5.56. The molecule has 6 heteroatoms. The van der Waals surface area contributed by atoms with Crippen molar-refractivity contribution in [3.8, 4) is 5.75 Å². The lowest BCUT2D eigenvalue weighted by molar-refractivity contribution is -0.138. The fourth-order valence-corrected chi connectivity index (χ4v) is 4.06. The van der Waals surface area contributed by atoms with E-state index in [0.717, 1.165) is 6.42 Å². The van der Waals surface area contributed by atoms with Crippen LogP contribution in [0.2, 0.25) is 0 Å². The van der Waals surface area contributed by atoms with Crippen LogP contribution in [0, 0.1) is 0 Å². The van der Waals surface area contributed by atoms with Crippen LogP contribution in [0.5, 0.6) is 5.75 Å². The average Bonchev–Trinajstić information content (AvgIpc) is 3.23. The van der Waals surface area contributed by atoms with Gasteiger partial charge in [-0.05, 0) is 42.5 Å². The lowest BCUT2D eigenvalue weighted by Crippen LogP contribution is -2.53. The number of methoxy groups -OCH3 is 1. The quantitative estimate of drug-likeness (QED) is 0.856. The van der Waals surface area contributed by atoms with Crippen LogP contribution in [0.25, 0.3) is 0 Å². The van der Waals surface area contributed by atoms with E-state index in [1.165, 1.54) is 11.1 Å². The Kier molecular flexibility index (Phi) is 5.30. The summed E-state index contributed by atoms with van der Waals surface area (Å²) in [6.45, 7) is 1.30. The van der Waals surface area contributed by atoms with Gasteiger partial charge in [-0.2, -0.15) is 0 Å². The summed E-state index contributed by atoms with van der Waals surface area (Å²) < 4.78 is 5.21. The Labute approximate surface area is 164 Å². The molecule has 28 heavy (non-hydrogen) atoms. The zero-order valence-corrected chi connectivity index (χ0v) is 16.0. The second-order valence-electron chi connectivity index (χ2n) is 7.32. The van der Waals surface area contributed by atoms with Crippen LogP contribution in [0.1, 0.15) is 24.0 Å². The van der Waals surface area contributed by atoms with Crippen molar-refractivity contribution in [2.75, 3.05) is 19.0 Å². The number of carbonyl (C=O) groups excluding carboxylic acids is 2. The molecule has 2 aromatic rings. The first-order valence-corrected chi connectivity index (χ1v) is 9.71. The number of likely N-dealkylation sites (tertiary alicyclic amines) is 1. The molecule has 2 amide bonds. The molecule has 6 nitrogen and oxygen atoms in total. The van der Waals surface area contributed by atoms with E-state index in [-0.39, 0.29) is 17.9 Å². The standard InChI is InChI=1S/C22H25N3O3/c1-28-18-9-4-8-17(13-18)24-21(26)20-10-5-11-25(20)22(27)19-12-15-6-2-3-7-16(15)14-23-19/h2-4,6-9,13,19-20,23H,5,10-12,14H2,1H3,(H,24,26)/t19-,20-/m0/s1. The molecule has 2 aliphatic heterocycles. The monoisotopic (exact) mass is 379 g/mol. The van der Waals surface area contributed by atoms with Crippen LogP contribution in [0.15, 0.2) is 48.5 Å². The number of hydrogen-bond donors (Lipinski definition) is 2. The zero-order chi connectivity index (χ0) is 19.5. The maximum absolute atomic E-state index is 13.1. The zero-order valence-electron chi connectivity index (χ0n) is 16.0. The number of carbonyl (C=O) groups is 2. The highest BCUT2D eigenvalue weighted by atomic mass is 16.5. The van der Waals surface area contributed by atoms with E-state index in [1.807, 2.05) is 30.3 Å². The molecule has 2 atom stereocenters. The number of rotatable bonds is 4. The first-order chi connectivity index (χ1) is 13.7. The van der Waals surface area contributed by atoms with Gasteiger partial charge in [-0.3, -0.25) is 9.59 Å². The minimum absolute atomic E-state index is 0.0118. The number of ether oxygens (including phenoxy) is 1. The molecule has 1 fully saturated rings. The average molecular weight is 379 g/mol. The minimum atomic E-state index is -0.433. The molecule has 2 aliphatic rings.